The van der Waals surface area contributed by atoms with Crippen molar-refractivity contribution in [3.05, 3.63) is 57.4 Å². The summed E-state index contributed by atoms with van der Waals surface area (Å²) in [5, 5.41) is 14.8. The number of nitro groups is 1. The maximum Gasteiger partial charge on any atom is 0.269 e. The first-order valence-corrected chi connectivity index (χ1v) is 5.28. The van der Waals surface area contributed by atoms with Gasteiger partial charge in [0.2, 0.25) is 0 Å². The molecule has 0 bridgehead atoms. The summed E-state index contributed by atoms with van der Waals surface area (Å²) >= 11 is 0. The molecule has 5 nitrogen and oxygen atoms in total. The molecule has 0 amide bonds. The molecule has 5 heteroatoms. The molecule has 0 aliphatic heterocycles. The van der Waals surface area contributed by atoms with Crippen LogP contribution in [0.2, 0.25) is 0 Å². The molecule has 0 aliphatic rings. The van der Waals surface area contributed by atoms with Crippen LogP contribution in [-0.2, 0) is 13.5 Å². The molecule has 0 fully saturated rings. The molecule has 0 saturated heterocycles. The minimum absolute atomic E-state index is 0.122. The Kier molecular flexibility index (Phi) is 2.91. The first-order valence-electron chi connectivity index (χ1n) is 5.28. The molecule has 17 heavy (non-hydrogen) atoms. The van der Waals surface area contributed by atoms with E-state index in [4.69, 9.17) is 0 Å². The number of rotatable bonds is 3. The summed E-state index contributed by atoms with van der Waals surface area (Å²) in [6.07, 6.45) is 2.72. The number of nitro benzene ring substituents is 1. The fourth-order valence-corrected chi connectivity index (χ4v) is 1.78. The van der Waals surface area contributed by atoms with Crippen LogP contribution in [0.3, 0.4) is 0 Å². The van der Waals surface area contributed by atoms with Gasteiger partial charge in [0, 0.05) is 31.8 Å². The molecule has 1 aromatic heterocycles. The monoisotopic (exact) mass is 231 g/mol. The summed E-state index contributed by atoms with van der Waals surface area (Å²) in [6.45, 7) is 1.96. The molecule has 0 N–H and O–H groups in total. The van der Waals surface area contributed by atoms with Crippen molar-refractivity contribution in [1.82, 2.24) is 9.78 Å². The van der Waals surface area contributed by atoms with Crippen LogP contribution in [0.25, 0.3) is 0 Å². The quantitative estimate of drug-likeness (QED) is 0.601. The van der Waals surface area contributed by atoms with E-state index < -0.39 is 0 Å². The van der Waals surface area contributed by atoms with Gasteiger partial charge >= 0.3 is 0 Å². The van der Waals surface area contributed by atoms with Crippen LogP contribution in [0.4, 0.5) is 5.69 Å². The maximum absolute atomic E-state index is 10.5. The number of aromatic nitrogens is 2. The lowest BCUT2D eigenvalue weighted by Gasteiger charge is -1.99. The Hall–Kier alpha value is -2.17. The Morgan fingerprint density at radius 2 is 2.00 bits per heavy atom. The molecule has 0 saturated carbocycles. The molecule has 2 aromatic rings. The van der Waals surface area contributed by atoms with Crippen molar-refractivity contribution in [2.45, 2.75) is 13.3 Å². The van der Waals surface area contributed by atoms with Crippen LogP contribution < -0.4 is 0 Å². The lowest BCUT2D eigenvalue weighted by molar-refractivity contribution is -0.384. The second-order valence-corrected chi connectivity index (χ2v) is 4.01. The average molecular weight is 231 g/mol. The van der Waals surface area contributed by atoms with Gasteiger partial charge in [-0.2, -0.15) is 5.10 Å². The van der Waals surface area contributed by atoms with Gasteiger partial charge < -0.3 is 0 Å². The predicted molar refractivity (Wildman–Crippen MR) is 63.8 cm³/mol. The van der Waals surface area contributed by atoms with Crippen molar-refractivity contribution < 1.29 is 4.92 Å². The third-order valence-electron chi connectivity index (χ3n) is 2.66. The number of hydrogen-bond donors (Lipinski definition) is 0. The molecule has 0 aliphatic carbocycles. The fraction of sp³-hybridized carbons (Fsp3) is 0.250. The minimum Gasteiger partial charge on any atom is -0.275 e. The minimum atomic E-state index is -0.390. The number of aryl methyl sites for hydroxylation is 2. The topological polar surface area (TPSA) is 61.0 Å². The molecule has 0 unspecified atom stereocenters. The lowest BCUT2D eigenvalue weighted by atomic mass is 10.1. The Labute approximate surface area is 98.8 Å². The Morgan fingerprint density at radius 1 is 1.35 bits per heavy atom. The third-order valence-corrected chi connectivity index (χ3v) is 2.66. The molecule has 88 valence electrons. The van der Waals surface area contributed by atoms with Gasteiger partial charge in [-0.25, -0.2) is 0 Å². The van der Waals surface area contributed by atoms with Crippen LogP contribution in [0.1, 0.15) is 16.8 Å². The van der Waals surface area contributed by atoms with Crippen molar-refractivity contribution in [3.8, 4) is 0 Å². The molecule has 1 heterocycles. The van der Waals surface area contributed by atoms with Crippen LogP contribution in [0, 0.1) is 17.0 Å². The van der Waals surface area contributed by atoms with Crippen LogP contribution >= 0.6 is 0 Å². The maximum atomic E-state index is 10.5. The first-order chi connectivity index (χ1) is 8.06. The summed E-state index contributed by atoms with van der Waals surface area (Å²) < 4.78 is 1.77. The van der Waals surface area contributed by atoms with Crippen molar-refractivity contribution in [2.75, 3.05) is 0 Å². The summed E-state index contributed by atoms with van der Waals surface area (Å²) in [7, 11) is 1.88. The van der Waals surface area contributed by atoms with E-state index in [1.165, 1.54) is 12.1 Å². The zero-order chi connectivity index (χ0) is 12.4. The van der Waals surface area contributed by atoms with Gasteiger partial charge in [0.1, 0.15) is 0 Å². The largest absolute Gasteiger partial charge is 0.275 e. The van der Waals surface area contributed by atoms with E-state index in [1.807, 2.05) is 20.2 Å². The summed E-state index contributed by atoms with van der Waals surface area (Å²) in [6, 6.07) is 6.62. The third kappa shape index (κ3) is 2.50. The van der Waals surface area contributed by atoms with E-state index in [-0.39, 0.29) is 10.6 Å². The van der Waals surface area contributed by atoms with E-state index >= 15 is 0 Å². The highest BCUT2D eigenvalue weighted by atomic mass is 16.6. The smallest absolute Gasteiger partial charge is 0.269 e. The van der Waals surface area contributed by atoms with E-state index in [9.17, 15) is 10.1 Å². The van der Waals surface area contributed by atoms with Crippen molar-refractivity contribution in [2.24, 2.45) is 7.05 Å². The molecular formula is C12H13N3O2. The van der Waals surface area contributed by atoms with E-state index in [0.717, 1.165) is 23.2 Å². The lowest BCUT2D eigenvalue weighted by Crippen LogP contribution is -1.91. The Balaban J connectivity index is 2.19. The molecule has 1 aromatic carbocycles. The van der Waals surface area contributed by atoms with Gasteiger partial charge in [-0.3, -0.25) is 14.8 Å². The molecular weight excluding hydrogens is 218 g/mol. The zero-order valence-corrected chi connectivity index (χ0v) is 9.75. The highest BCUT2D eigenvalue weighted by molar-refractivity contribution is 5.35. The highest BCUT2D eigenvalue weighted by Crippen LogP contribution is 2.16. The van der Waals surface area contributed by atoms with Crippen LogP contribution in [0.15, 0.2) is 30.5 Å². The normalized spacial score (nSPS) is 10.5. The van der Waals surface area contributed by atoms with Crippen molar-refractivity contribution in [3.63, 3.8) is 0 Å². The van der Waals surface area contributed by atoms with Crippen LogP contribution in [-0.4, -0.2) is 14.7 Å². The van der Waals surface area contributed by atoms with Gasteiger partial charge in [0.15, 0.2) is 0 Å². The number of hydrogen-bond acceptors (Lipinski definition) is 3. The van der Waals surface area contributed by atoms with Crippen molar-refractivity contribution >= 4 is 5.69 Å². The molecule has 0 atom stereocenters. The fourth-order valence-electron chi connectivity index (χ4n) is 1.78. The molecule has 0 spiro atoms. The second kappa shape index (κ2) is 4.37. The second-order valence-electron chi connectivity index (χ2n) is 4.01. The zero-order valence-electron chi connectivity index (χ0n) is 9.75. The van der Waals surface area contributed by atoms with Crippen LogP contribution in [0.5, 0.6) is 0 Å². The van der Waals surface area contributed by atoms with Crippen molar-refractivity contribution in [1.29, 1.82) is 0 Å². The SMILES string of the molecule is Cc1nn(C)cc1Cc1ccc([N+](=O)[O-])cc1. The summed E-state index contributed by atoms with van der Waals surface area (Å²) in [5.41, 5.74) is 3.30. The predicted octanol–water partition coefficient (Wildman–Crippen LogP) is 2.23. The molecule has 0 radical (unpaired) electrons. The average Bonchev–Trinajstić information content (AvgIpc) is 2.58. The Morgan fingerprint density at radius 3 is 2.47 bits per heavy atom. The number of nitrogens with zero attached hydrogens (tertiary/aromatic N) is 3. The van der Waals surface area contributed by atoms with Gasteiger partial charge in [-0.15, -0.1) is 0 Å². The van der Waals surface area contributed by atoms with Gasteiger partial charge in [-0.1, -0.05) is 12.1 Å². The highest BCUT2D eigenvalue weighted by Gasteiger charge is 2.07. The number of benzene rings is 1. The molecule has 2 rings (SSSR count). The number of non-ortho nitro benzene ring substituents is 1. The standard InChI is InChI=1S/C12H13N3O2/c1-9-11(8-14(2)13-9)7-10-3-5-12(6-4-10)15(16)17/h3-6,8H,7H2,1-2H3. The van der Waals surface area contributed by atoms with E-state index in [2.05, 4.69) is 5.10 Å². The summed E-state index contributed by atoms with van der Waals surface area (Å²) in [4.78, 5) is 10.1. The first kappa shape index (κ1) is 11.3. The Bertz CT molecular complexity index is 543. The van der Waals surface area contributed by atoms with E-state index in [0.29, 0.717) is 0 Å². The summed E-state index contributed by atoms with van der Waals surface area (Å²) in [5.74, 6) is 0. The van der Waals surface area contributed by atoms with Gasteiger partial charge in [0.25, 0.3) is 5.69 Å². The van der Waals surface area contributed by atoms with E-state index in [1.54, 1.807) is 16.8 Å². The van der Waals surface area contributed by atoms with Gasteiger partial charge in [-0.05, 0) is 18.1 Å². The van der Waals surface area contributed by atoms with Gasteiger partial charge in [0.05, 0.1) is 10.6 Å².